The van der Waals surface area contributed by atoms with E-state index >= 15 is 0 Å². The summed E-state index contributed by atoms with van der Waals surface area (Å²) in [7, 11) is 0. The molecule has 20 heavy (non-hydrogen) atoms. The maximum absolute atomic E-state index is 13.8. The molecule has 2 rings (SSSR count). The van der Waals surface area contributed by atoms with Crippen LogP contribution in [0.5, 0.6) is 0 Å². The Morgan fingerprint density at radius 2 is 2.10 bits per heavy atom. The number of carbonyl (C=O) groups is 1. The smallest absolute Gasteiger partial charge is 0.345 e. The second-order valence-corrected chi connectivity index (χ2v) is 3.93. The number of benzene rings is 1. The first-order valence-corrected chi connectivity index (χ1v) is 5.66. The molecule has 2 aromatic rings. The van der Waals surface area contributed by atoms with Crippen LogP contribution in [-0.4, -0.2) is 15.7 Å². The van der Waals surface area contributed by atoms with E-state index in [2.05, 4.69) is 9.39 Å². The number of aromatic nitrogens is 2. The molecule has 1 aromatic heterocycles. The lowest BCUT2D eigenvalue weighted by molar-refractivity contribution is -0.136. The van der Waals surface area contributed by atoms with Crippen molar-refractivity contribution in [3.63, 3.8) is 0 Å². The third-order valence-corrected chi connectivity index (χ3v) is 2.69. The highest BCUT2D eigenvalue weighted by Crippen LogP contribution is 2.22. The molecule has 0 fully saturated rings. The molecule has 1 aromatic carbocycles. The third kappa shape index (κ3) is 2.67. The molecule has 0 amide bonds. The predicted octanol–water partition coefficient (Wildman–Crippen LogP) is 1.81. The van der Waals surface area contributed by atoms with Crippen molar-refractivity contribution in [2.24, 2.45) is 0 Å². The van der Waals surface area contributed by atoms with E-state index in [1.54, 1.807) is 0 Å². The van der Waals surface area contributed by atoms with Gasteiger partial charge in [0.2, 0.25) is 0 Å². The normalized spacial score (nSPS) is 11.9. The summed E-state index contributed by atoms with van der Waals surface area (Å²) < 4.78 is 31.4. The third-order valence-electron chi connectivity index (χ3n) is 2.54. The van der Waals surface area contributed by atoms with Crippen LogP contribution in [0, 0.1) is 11.6 Å². The highest BCUT2D eigenvalue weighted by atomic mass is 35.5. The van der Waals surface area contributed by atoms with Crippen LogP contribution in [0.4, 0.5) is 8.78 Å². The topological polar surface area (TPSA) is 61.2 Å². The molecule has 0 N–H and O–H groups in total. The van der Waals surface area contributed by atoms with E-state index in [-0.39, 0.29) is 5.56 Å². The highest BCUT2D eigenvalue weighted by Gasteiger charge is 2.29. The van der Waals surface area contributed by atoms with Gasteiger partial charge in [-0.15, -0.1) is 0 Å². The second-order valence-electron chi connectivity index (χ2n) is 3.77. The zero-order valence-corrected chi connectivity index (χ0v) is 10.6. The summed E-state index contributed by atoms with van der Waals surface area (Å²) in [4.78, 5) is 23.4. The Morgan fingerprint density at radius 1 is 1.35 bits per heavy atom. The molecular formula is C12H7ClF2N2O3. The maximum Gasteiger partial charge on any atom is 0.353 e. The number of halogens is 3. The largest absolute Gasteiger partial charge is 0.353 e. The van der Waals surface area contributed by atoms with Gasteiger partial charge >= 0.3 is 5.97 Å². The lowest BCUT2D eigenvalue weighted by Gasteiger charge is -2.15. The molecule has 1 unspecified atom stereocenters. The van der Waals surface area contributed by atoms with Crippen molar-refractivity contribution in [3.8, 4) is 0 Å². The lowest BCUT2D eigenvalue weighted by atomic mass is 10.1. The summed E-state index contributed by atoms with van der Waals surface area (Å²) in [5.41, 5.74) is -0.943. The molecular weight excluding hydrogens is 294 g/mol. The molecule has 0 radical (unpaired) electrons. The first kappa shape index (κ1) is 14.1. The second kappa shape index (κ2) is 5.79. The van der Waals surface area contributed by atoms with Gasteiger partial charge in [-0.05, 0) is 12.1 Å². The highest BCUT2D eigenvalue weighted by molar-refractivity contribution is 6.13. The Balaban J connectivity index is 2.62. The number of hydrogen-bond acceptors (Lipinski definition) is 4. The summed E-state index contributed by atoms with van der Waals surface area (Å²) in [5, 5.41) is 3.67. The fraction of sp³-hybridized carbons (Fsp3) is 0.0833. The fourth-order valence-electron chi connectivity index (χ4n) is 1.69. The van der Waals surface area contributed by atoms with Gasteiger partial charge < -0.3 is 4.29 Å². The van der Waals surface area contributed by atoms with Gasteiger partial charge in [-0.3, -0.25) is 4.79 Å². The molecule has 0 aliphatic heterocycles. The zero-order chi connectivity index (χ0) is 14.7. The summed E-state index contributed by atoms with van der Waals surface area (Å²) in [6, 6.07) is 3.48. The lowest BCUT2D eigenvalue weighted by Crippen LogP contribution is -2.32. The first-order chi connectivity index (χ1) is 9.54. The van der Waals surface area contributed by atoms with E-state index in [4.69, 9.17) is 11.9 Å². The fourth-order valence-corrected chi connectivity index (χ4v) is 1.77. The van der Waals surface area contributed by atoms with Crippen molar-refractivity contribution in [2.45, 2.75) is 6.04 Å². The van der Waals surface area contributed by atoms with Crippen LogP contribution in [0.2, 0.25) is 0 Å². The van der Waals surface area contributed by atoms with Gasteiger partial charge in [0.1, 0.15) is 23.5 Å². The van der Waals surface area contributed by atoms with Crippen LogP contribution < -0.4 is 5.56 Å². The van der Waals surface area contributed by atoms with Crippen molar-refractivity contribution in [3.05, 3.63) is 64.1 Å². The quantitative estimate of drug-likeness (QED) is 0.867. The van der Waals surface area contributed by atoms with Gasteiger partial charge in [0, 0.05) is 23.9 Å². The Bertz CT molecular complexity index is 705. The van der Waals surface area contributed by atoms with Crippen molar-refractivity contribution >= 4 is 17.8 Å². The molecule has 0 bridgehead atoms. The minimum atomic E-state index is -1.54. The molecule has 0 aliphatic rings. The summed E-state index contributed by atoms with van der Waals surface area (Å²) >= 11 is 4.99. The molecule has 8 heteroatoms. The molecule has 1 heterocycles. The minimum absolute atomic E-state index is 0.280. The molecule has 0 spiro atoms. The van der Waals surface area contributed by atoms with Gasteiger partial charge in [-0.2, -0.15) is 5.10 Å². The van der Waals surface area contributed by atoms with E-state index in [0.29, 0.717) is 10.7 Å². The van der Waals surface area contributed by atoms with Gasteiger partial charge in [0.05, 0.1) is 0 Å². The monoisotopic (exact) mass is 300 g/mol. The number of hydrogen-bond donors (Lipinski definition) is 0. The minimum Gasteiger partial charge on any atom is -0.345 e. The Kier molecular flexibility index (Phi) is 4.09. The van der Waals surface area contributed by atoms with Crippen LogP contribution in [0.3, 0.4) is 0 Å². The molecule has 0 aliphatic carbocycles. The van der Waals surface area contributed by atoms with Gasteiger partial charge in [-0.25, -0.2) is 18.3 Å². The van der Waals surface area contributed by atoms with Crippen molar-refractivity contribution in [1.82, 2.24) is 9.78 Å². The zero-order valence-electron chi connectivity index (χ0n) is 9.79. The molecule has 0 saturated carbocycles. The van der Waals surface area contributed by atoms with E-state index in [1.807, 2.05) is 0 Å². The van der Waals surface area contributed by atoms with Crippen LogP contribution >= 0.6 is 11.9 Å². The van der Waals surface area contributed by atoms with Crippen LogP contribution in [-0.2, 0) is 9.08 Å². The van der Waals surface area contributed by atoms with Gasteiger partial charge in [0.25, 0.3) is 5.56 Å². The molecule has 0 saturated heterocycles. The summed E-state index contributed by atoms with van der Waals surface area (Å²) in [5.74, 6) is -2.95. The number of rotatable bonds is 3. The number of nitrogens with zero attached hydrogens (tertiary/aromatic N) is 2. The van der Waals surface area contributed by atoms with Gasteiger partial charge in [-0.1, -0.05) is 6.07 Å². The average Bonchev–Trinajstić information content (AvgIpc) is 2.43. The van der Waals surface area contributed by atoms with E-state index < -0.39 is 29.2 Å². The molecule has 104 valence electrons. The van der Waals surface area contributed by atoms with Crippen molar-refractivity contribution in [2.75, 3.05) is 0 Å². The summed E-state index contributed by atoms with van der Waals surface area (Å²) in [6.07, 6.45) is 1.23. The Morgan fingerprint density at radius 3 is 2.70 bits per heavy atom. The Labute approximate surface area is 116 Å². The maximum atomic E-state index is 13.8. The van der Waals surface area contributed by atoms with Crippen LogP contribution in [0.25, 0.3) is 0 Å². The van der Waals surface area contributed by atoms with Crippen LogP contribution in [0.15, 0.2) is 41.3 Å². The summed E-state index contributed by atoms with van der Waals surface area (Å²) in [6.45, 7) is 0. The average molecular weight is 301 g/mol. The standard InChI is InChI=1S/C12H7ClF2N2O3/c13-20-12(19)11(17-10(18)2-1-5-16-17)8-4-3-7(14)6-9(8)15/h1-6,11H. The predicted molar refractivity (Wildman–Crippen MR) is 64.9 cm³/mol. The van der Waals surface area contributed by atoms with Crippen LogP contribution in [0.1, 0.15) is 11.6 Å². The molecule has 5 nitrogen and oxygen atoms in total. The SMILES string of the molecule is O=C(OCl)C(c1ccc(F)cc1F)n1ncccc1=O. The number of carbonyl (C=O) groups excluding carboxylic acids is 1. The van der Waals surface area contributed by atoms with Gasteiger partial charge in [0.15, 0.2) is 6.04 Å². The van der Waals surface area contributed by atoms with E-state index in [9.17, 15) is 18.4 Å². The van der Waals surface area contributed by atoms with Crippen molar-refractivity contribution in [1.29, 1.82) is 0 Å². The van der Waals surface area contributed by atoms with Crippen molar-refractivity contribution < 1.29 is 17.9 Å². The first-order valence-electron chi connectivity index (χ1n) is 5.36. The van der Waals surface area contributed by atoms with E-state index in [0.717, 1.165) is 18.2 Å². The Hall–Kier alpha value is -2.28. The van der Waals surface area contributed by atoms with E-state index in [1.165, 1.54) is 12.3 Å². The molecule has 1 atom stereocenters.